The molecular weight excluding hydrogens is 272 g/mol. The van der Waals surface area contributed by atoms with Gasteiger partial charge in [0.05, 0.1) is 6.61 Å². The van der Waals surface area contributed by atoms with Gasteiger partial charge in [-0.2, -0.15) is 0 Å². The fourth-order valence-electron chi connectivity index (χ4n) is 2.53. The van der Waals surface area contributed by atoms with Crippen LogP contribution in [-0.2, 0) is 4.74 Å². The Labute approximate surface area is 123 Å². The topological polar surface area (TPSA) is 79.7 Å². The zero-order valence-corrected chi connectivity index (χ0v) is 12.1. The number of ether oxygens (including phenoxy) is 1. The number of amides is 1. The van der Waals surface area contributed by atoms with Crippen molar-refractivity contribution in [3.63, 3.8) is 0 Å². The molecule has 1 aromatic heterocycles. The van der Waals surface area contributed by atoms with Crippen molar-refractivity contribution < 1.29 is 19.4 Å². The molecule has 1 unspecified atom stereocenters. The maximum absolute atomic E-state index is 12.5. The van der Waals surface area contributed by atoms with E-state index in [4.69, 9.17) is 9.84 Å². The Hall–Kier alpha value is -1.95. The van der Waals surface area contributed by atoms with Gasteiger partial charge in [-0.05, 0) is 37.8 Å². The molecule has 0 aliphatic carbocycles. The van der Waals surface area contributed by atoms with E-state index in [1.807, 2.05) is 6.92 Å². The second-order valence-electron chi connectivity index (χ2n) is 5.15. The lowest BCUT2D eigenvalue weighted by atomic mass is 9.98. The molecule has 0 bridgehead atoms. The number of hydrogen-bond donors (Lipinski definition) is 1. The first-order valence-corrected chi connectivity index (χ1v) is 7.18. The predicted molar refractivity (Wildman–Crippen MR) is 76.3 cm³/mol. The van der Waals surface area contributed by atoms with Gasteiger partial charge in [-0.3, -0.25) is 4.79 Å². The summed E-state index contributed by atoms with van der Waals surface area (Å²) in [6, 6.07) is 2.89. The minimum atomic E-state index is -1.13. The number of piperidine rings is 1. The predicted octanol–water partition coefficient (Wildman–Crippen LogP) is 1.67. The molecule has 0 spiro atoms. The van der Waals surface area contributed by atoms with Crippen LogP contribution in [0.25, 0.3) is 0 Å². The Morgan fingerprint density at radius 3 is 3.05 bits per heavy atom. The summed E-state index contributed by atoms with van der Waals surface area (Å²) in [6.45, 7) is 4.65. The molecule has 6 nitrogen and oxygen atoms in total. The summed E-state index contributed by atoms with van der Waals surface area (Å²) in [7, 11) is 0. The number of hydrogen-bond acceptors (Lipinski definition) is 4. The Balaban J connectivity index is 2.05. The van der Waals surface area contributed by atoms with Crippen molar-refractivity contribution in [1.82, 2.24) is 9.88 Å². The van der Waals surface area contributed by atoms with Crippen molar-refractivity contribution in [2.24, 2.45) is 5.92 Å². The molecule has 1 saturated heterocycles. The van der Waals surface area contributed by atoms with Crippen LogP contribution in [0.2, 0.25) is 0 Å². The van der Waals surface area contributed by atoms with Crippen LogP contribution in [0.4, 0.5) is 0 Å². The maximum Gasteiger partial charge on any atom is 0.354 e. The SMILES string of the molecule is CCOCC1CCCN(C(=O)c2ccnc(C(=O)O)c2)C1. The molecule has 0 radical (unpaired) electrons. The number of carboxylic acid groups (broad SMARTS) is 1. The first kappa shape index (κ1) is 15.4. The number of nitrogens with zero attached hydrogens (tertiary/aromatic N) is 2. The van der Waals surface area contributed by atoms with Gasteiger partial charge in [0.25, 0.3) is 5.91 Å². The molecule has 1 aromatic rings. The van der Waals surface area contributed by atoms with Gasteiger partial charge in [-0.25, -0.2) is 9.78 Å². The van der Waals surface area contributed by atoms with Crippen LogP contribution in [0.15, 0.2) is 18.3 Å². The average molecular weight is 292 g/mol. The number of carbonyl (C=O) groups is 2. The summed E-state index contributed by atoms with van der Waals surface area (Å²) >= 11 is 0. The number of rotatable bonds is 5. The molecule has 1 amide bonds. The van der Waals surface area contributed by atoms with Crippen LogP contribution < -0.4 is 0 Å². The molecule has 1 N–H and O–H groups in total. The molecule has 1 aliphatic rings. The summed E-state index contributed by atoms with van der Waals surface area (Å²) in [5.74, 6) is -0.915. The van der Waals surface area contributed by atoms with E-state index in [1.54, 1.807) is 11.0 Å². The quantitative estimate of drug-likeness (QED) is 0.893. The van der Waals surface area contributed by atoms with Crippen LogP contribution in [-0.4, -0.2) is 53.2 Å². The van der Waals surface area contributed by atoms with E-state index in [0.717, 1.165) is 12.8 Å². The zero-order chi connectivity index (χ0) is 15.2. The van der Waals surface area contributed by atoms with Crippen molar-refractivity contribution >= 4 is 11.9 Å². The van der Waals surface area contributed by atoms with E-state index in [2.05, 4.69) is 4.98 Å². The fourth-order valence-corrected chi connectivity index (χ4v) is 2.53. The second kappa shape index (κ2) is 7.17. The fraction of sp³-hybridized carbons (Fsp3) is 0.533. The Morgan fingerprint density at radius 1 is 1.52 bits per heavy atom. The number of carbonyl (C=O) groups excluding carboxylic acids is 1. The number of pyridine rings is 1. The van der Waals surface area contributed by atoms with Crippen LogP contribution in [0.3, 0.4) is 0 Å². The van der Waals surface area contributed by atoms with E-state index in [-0.39, 0.29) is 11.6 Å². The smallest absolute Gasteiger partial charge is 0.354 e. The Kier molecular flexibility index (Phi) is 5.27. The van der Waals surface area contributed by atoms with E-state index in [0.29, 0.717) is 37.8 Å². The molecule has 0 saturated carbocycles. The van der Waals surface area contributed by atoms with Crippen molar-refractivity contribution in [3.8, 4) is 0 Å². The molecule has 6 heteroatoms. The van der Waals surface area contributed by atoms with E-state index in [1.165, 1.54) is 12.3 Å². The molecule has 0 aromatic carbocycles. The number of likely N-dealkylation sites (tertiary alicyclic amines) is 1. The van der Waals surface area contributed by atoms with Gasteiger partial charge in [0.2, 0.25) is 0 Å². The van der Waals surface area contributed by atoms with Gasteiger partial charge in [0.15, 0.2) is 0 Å². The lowest BCUT2D eigenvalue weighted by molar-refractivity contribution is 0.0501. The summed E-state index contributed by atoms with van der Waals surface area (Å²) in [5.41, 5.74) is 0.267. The van der Waals surface area contributed by atoms with Gasteiger partial charge >= 0.3 is 5.97 Å². The normalized spacial score (nSPS) is 18.5. The molecule has 1 atom stereocenters. The highest BCUT2D eigenvalue weighted by Gasteiger charge is 2.25. The monoisotopic (exact) mass is 292 g/mol. The number of aromatic nitrogens is 1. The molecule has 21 heavy (non-hydrogen) atoms. The molecule has 2 heterocycles. The van der Waals surface area contributed by atoms with Gasteiger partial charge in [0, 0.05) is 31.5 Å². The van der Waals surface area contributed by atoms with Gasteiger partial charge < -0.3 is 14.7 Å². The van der Waals surface area contributed by atoms with E-state index in [9.17, 15) is 9.59 Å². The first-order chi connectivity index (χ1) is 10.1. The van der Waals surface area contributed by atoms with Crippen molar-refractivity contribution in [2.45, 2.75) is 19.8 Å². The van der Waals surface area contributed by atoms with Gasteiger partial charge in [0.1, 0.15) is 5.69 Å². The second-order valence-corrected chi connectivity index (χ2v) is 5.15. The lowest BCUT2D eigenvalue weighted by Crippen LogP contribution is -2.41. The molecular formula is C15H20N2O4. The largest absolute Gasteiger partial charge is 0.477 e. The summed E-state index contributed by atoms with van der Waals surface area (Å²) in [6.07, 6.45) is 3.36. The van der Waals surface area contributed by atoms with Crippen molar-refractivity contribution in [1.29, 1.82) is 0 Å². The zero-order valence-electron chi connectivity index (χ0n) is 12.1. The van der Waals surface area contributed by atoms with Crippen LogP contribution in [0.1, 0.15) is 40.6 Å². The van der Waals surface area contributed by atoms with Crippen molar-refractivity contribution in [3.05, 3.63) is 29.6 Å². The van der Waals surface area contributed by atoms with Crippen LogP contribution in [0, 0.1) is 5.92 Å². The van der Waals surface area contributed by atoms with Crippen LogP contribution >= 0.6 is 0 Å². The molecule has 2 rings (SSSR count). The average Bonchev–Trinajstić information content (AvgIpc) is 2.52. The van der Waals surface area contributed by atoms with Gasteiger partial charge in [-0.15, -0.1) is 0 Å². The summed E-state index contributed by atoms with van der Waals surface area (Å²) < 4.78 is 5.43. The molecule has 1 aliphatic heterocycles. The third kappa shape index (κ3) is 4.01. The summed E-state index contributed by atoms with van der Waals surface area (Å²) in [5, 5.41) is 8.94. The van der Waals surface area contributed by atoms with Gasteiger partial charge in [-0.1, -0.05) is 0 Å². The Bertz CT molecular complexity index is 518. The standard InChI is InChI=1S/C15H20N2O4/c1-2-21-10-11-4-3-7-17(9-11)14(18)12-5-6-16-13(8-12)15(19)20/h5-6,8,11H,2-4,7,9-10H2,1H3,(H,19,20). The minimum absolute atomic E-state index is 0.108. The summed E-state index contributed by atoms with van der Waals surface area (Å²) in [4.78, 5) is 28.9. The first-order valence-electron chi connectivity index (χ1n) is 7.18. The lowest BCUT2D eigenvalue weighted by Gasteiger charge is -2.32. The van der Waals surface area contributed by atoms with E-state index >= 15 is 0 Å². The van der Waals surface area contributed by atoms with Crippen LogP contribution in [0.5, 0.6) is 0 Å². The highest BCUT2D eigenvalue weighted by atomic mass is 16.5. The highest BCUT2D eigenvalue weighted by Crippen LogP contribution is 2.19. The number of carboxylic acids is 1. The third-order valence-corrected chi connectivity index (χ3v) is 3.59. The molecule has 1 fully saturated rings. The van der Waals surface area contributed by atoms with Crippen molar-refractivity contribution in [2.75, 3.05) is 26.3 Å². The Morgan fingerprint density at radius 2 is 2.33 bits per heavy atom. The number of aromatic carboxylic acids is 1. The van der Waals surface area contributed by atoms with E-state index < -0.39 is 5.97 Å². The highest BCUT2D eigenvalue weighted by molar-refractivity contribution is 5.96. The minimum Gasteiger partial charge on any atom is -0.477 e. The molecule has 114 valence electrons. The third-order valence-electron chi connectivity index (χ3n) is 3.59. The maximum atomic E-state index is 12.5.